The summed E-state index contributed by atoms with van der Waals surface area (Å²) in [5.74, 6) is 0.446. The molecule has 1 saturated heterocycles. The van der Waals surface area contributed by atoms with Crippen molar-refractivity contribution in [3.05, 3.63) is 71.9 Å². The van der Waals surface area contributed by atoms with E-state index >= 15 is 0 Å². The van der Waals surface area contributed by atoms with Crippen LogP contribution in [0.1, 0.15) is 30.4 Å². The molecule has 3 aromatic rings. The number of nitrogens with one attached hydrogen (secondary N) is 3. The summed E-state index contributed by atoms with van der Waals surface area (Å²) in [5, 5.41) is 9.59. The highest BCUT2D eigenvalue weighted by atomic mass is 19.1. The van der Waals surface area contributed by atoms with E-state index in [0.717, 1.165) is 80.0 Å². The molecule has 0 aliphatic carbocycles. The van der Waals surface area contributed by atoms with Gasteiger partial charge < -0.3 is 20.1 Å². The summed E-state index contributed by atoms with van der Waals surface area (Å²) in [7, 11) is 3.52. The standard InChI is InChI=1S/C29H36FN5O2.C2H4N2O/c1-31-20-23(7-5-13-35-14-16-37-17-15-35)26-9-8-24(30)18-22(26)6-3-4-11-32-27-10-12-33-28-19-25(36-2)21-34-29(27)28;1-3-4-2-5/h3,6,8-10,12,18-21,31H,4-5,7,11,13-17H2,1-2H3,(H,32,33);2H,1H2,(H,4,5)/b6-3-,23-20-;. The van der Waals surface area contributed by atoms with Gasteiger partial charge in [0.15, 0.2) is 0 Å². The first-order valence-corrected chi connectivity index (χ1v) is 13.9. The summed E-state index contributed by atoms with van der Waals surface area (Å²) in [6.07, 6.45) is 12.8. The number of fused-ring (bicyclic) bond motifs is 1. The molecule has 3 heterocycles. The summed E-state index contributed by atoms with van der Waals surface area (Å²) < 4.78 is 24.9. The van der Waals surface area contributed by atoms with Gasteiger partial charge in [0, 0.05) is 51.9 Å². The van der Waals surface area contributed by atoms with Crippen molar-refractivity contribution >= 4 is 41.5 Å². The van der Waals surface area contributed by atoms with E-state index in [4.69, 9.17) is 14.3 Å². The Morgan fingerprint density at radius 2 is 2.07 bits per heavy atom. The Labute approximate surface area is 246 Å². The first-order chi connectivity index (χ1) is 20.6. The number of allylic oxidation sites excluding steroid dienone is 1. The van der Waals surface area contributed by atoms with Crippen molar-refractivity contribution in [2.75, 3.05) is 58.9 Å². The molecule has 10 nitrogen and oxygen atoms in total. The number of hydrazone groups is 1. The molecule has 0 radical (unpaired) electrons. The minimum absolute atomic E-state index is 0.233. The molecule has 1 amide bonds. The lowest BCUT2D eigenvalue weighted by Gasteiger charge is -2.26. The quantitative estimate of drug-likeness (QED) is 0.112. The maximum absolute atomic E-state index is 14.2. The number of halogens is 1. The number of anilines is 1. The Kier molecular flexibility index (Phi) is 13.9. The van der Waals surface area contributed by atoms with Crippen LogP contribution in [0.3, 0.4) is 0 Å². The highest BCUT2D eigenvalue weighted by molar-refractivity contribution is 5.87. The van der Waals surface area contributed by atoms with E-state index in [0.29, 0.717) is 18.7 Å². The molecule has 1 aliphatic heterocycles. The number of hydrogen-bond acceptors (Lipinski definition) is 9. The van der Waals surface area contributed by atoms with Crippen LogP contribution in [0.4, 0.5) is 10.1 Å². The monoisotopic (exact) mass is 577 g/mol. The summed E-state index contributed by atoms with van der Waals surface area (Å²) in [6.45, 7) is 8.31. The Balaban J connectivity index is 0.000000892. The van der Waals surface area contributed by atoms with Crippen LogP contribution in [0.15, 0.2) is 60.1 Å². The van der Waals surface area contributed by atoms with Gasteiger partial charge in [0.25, 0.3) is 0 Å². The van der Waals surface area contributed by atoms with E-state index < -0.39 is 0 Å². The molecule has 0 spiro atoms. The van der Waals surface area contributed by atoms with E-state index in [2.05, 4.69) is 43.4 Å². The van der Waals surface area contributed by atoms with Crippen LogP contribution in [-0.2, 0) is 9.53 Å². The predicted molar refractivity (Wildman–Crippen MR) is 167 cm³/mol. The molecule has 1 fully saturated rings. The van der Waals surface area contributed by atoms with Gasteiger partial charge in [0.05, 0.1) is 37.7 Å². The summed E-state index contributed by atoms with van der Waals surface area (Å²) >= 11 is 0. The van der Waals surface area contributed by atoms with Crippen molar-refractivity contribution in [2.45, 2.75) is 19.3 Å². The minimum atomic E-state index is -0.233. The van der Waals surface area contributed by atoms with Crippen LogP contribution in [-0.4, -0.2) is 81.5 Å². The fourth-order valence-corrected chi connectivity index (χ4v) is 4.54. The number of amides is 1. The predicted octanol–water partition coefficient (Wildman–Crippen LogP) is 4.31. The van der Waals surface area contributed by atoms with E-state index in [9.17, 15) is 4.39 Å². The number of methoxy groups -OCH3 is 1. The smallest absolute Gasteiger partial charge is 0.227 e. The number of hydrogen-bond donors (Lipinski definition) is 3. The van der Waals surface area contributed by atoms with Crippen molar-refractivity contribution in [1.82, 2.24) is 25.6 Å². The van der Waals surface area contributed by atoms with Gasteiger partial charge in [-0.1, -0.05) is 18.2 Å². The number of carbonyl (C=O) groups is 1. The van der Waals surface area contributed by atoms with Gasteiger partial charge in [0.2, 0.25) is 6.41 Å². The largest absolute Gasteiger partial charge is 0.495 e. The number of ether oxygens (including phenoxy) is 2. The first kappa shape index (κ1) is 32.2. The van der Waals surface area contributed by atoms with Crippen molar-refractivity contribution in [2.24, 2.45) is 5.10 Å². The second-order valence-corrected chi connectivity index (χ2v) is 9.37. The molecule has 42 heavy (non-hydrogen) atoms. The molecule has 11 heteroatoms. The average molecular weight is 578 g/mol. The van der Waals surface area contributed by atoms with Crippen LogP contribution in [0.2, 0.25) is 0 Å². The highest BCUT2D eigenvalue weighted by Crippen LogP contribution is 2.26. The van der Waals surface area contributed by atoms with Crippen molar-refractivity contribution in [1.29, 1.82) is 0 Å². The van der Waals surface area contributed by atoms with Gasteiger partial charge in [-0.05, 0) is 60.7 Å². The zero-order valence-electron chi connectivity index (χ0n) is 24.3. The van der Waals surface area contributed by atoms with Crippen LogP contribution in [0.25, 0.3) is 22.7 Å². The minimum Gasteiger partial charge on any atom is -0.495 e. The average Bonchev–Trinajstić information content (AvgIpc) is 3.01. The fraction of sp³-hybridized carbons (Fsp3) is 0.355. The zero-order chi connectivity index (χ0) is 30.0. The Morgan fingerprint density at radius 3 is 2.79 bits per heavy atom. The maximum Gasteiger partial charge on any atom is 0.227 e. The normalized spacial score (nSPS) is 13.7. The topological polar surface area (TPSA) is 113 Å². The van der Waals surface area contributed by atoms with Crippen LogP contribution in [0, 0.1) is 5.82 Å². The number of rotatable bonds is 14. The molecule has 4 rings (SSSR count). The number of nitrogens with zero attached hydrogens (tertiary/aromatic N) is 4. The van der Waals surface area contributed by atoms with Crippen molar-refractivity contribution in [3.8, 4) is 5.75 Å². The van der Waals surface area contributed by atoms with E-state index in [-0.39, 0.29) is 5.82 Å². The molecule has 224 valence electrons. The molecular weight excluding hydrogens is 537 g/mol. The molecular formula is C31H40FN7O3. The lowest BCUT2D eigenvalue weighted by atomic mass is 9.96. The second-order valence-electron chi connectivity index (χ2n) is 9.37. The molecule has 0 bridgehead atoms. The van der Waals surface area contributed by atoms with Gasteiger partial charge >= 0.3 is 0 Å². The molecule has 1 aliphatic rings. The lowest BCUT2D eigenvalue weighted by Crippen LogP contribution is -2.36. The lowest BCUT2D eigenvalue weighted by molar-refractivity contribution is -0.109. The van der Waals surface area contributed by atoms with Gasteiger partial charge in [0.1, 0.15) is 17.1 Å². The van der Waals surface area contributed by atoms with Crippen LogP contribution < -0.4 is 20.8 Å². The Hall–Kier alpha value is -4.35. The van der Waals surface area contributed by atoms with Gasteiger partial charge in [-0.25, -0.2) is 9.37 Å². The zero-order valence-corrected chi connectivity index (χ0v) is 24.3. The Bertz CT molecular complexity index is 1340. The molecule has 2 aromatic heterocycles. The van der Waals surface area contributed by atoms with Gasteiger partial charge in [-0.2, -0.15) is 5.10 Å². The third-order valence-corrected chi connectivity index (χ3v) is 6.56. The van der Waals surface area contributed by atoms with E-state index in [1.54, 1.807) is 25.6 Å². The number of benzene rings is 1. The van der Waals surface area contributed by atoms with Gasteiger partial charge in [-0.3, -0.25) is 20.1 Å². The summed E-state index contributed by atoms with van der Waals surface area (Å²) in [6, 6.07) is 8.82. The highest BCUT2D eigenvalue weighted by Gasteiger charge is 2.12. The Morgan fingerprint density at radius 1 is 1.24 bits per heavy atom. The number of morpholine rings is 1. The third-order valence-electron chi connectivity index (χ3n) is 6.56. The van der Waals surface area contributed by atoms with Crippen LogP contribution in [0.5, 0.6) is 5.75 Å². The van der Waals surface area contributed by atoms with Crippen molar-refractivity contribution < 1.29 is 18.7 Å². The number of aromatic nitrogens is 2. The van der Waals surface area contributed by atoms with Crippen LogP contribution >= 0.6 is 0 Å². The van der Waals surface area contributed by atoms with Crippen molar-refractivity contribution in [3.63, 3.8) is 0 Å². The van der Waals surface area contributed by atoms with Gasteiger partial charge in [-0.15, -0.1) is 0 Å². The van der Waals surface area contributed by atoms with E-state index in [1.807, 2.05) is 42.9 Å². The molecule has 1 aromatic carbocycles. The SMILES string of the molecule is C=NNC=O.CN/C=C(/CCCN1CCOCC1)c1ccc(F)cc1/C=C\CCNc1ccnc2cc(OC)cnc12. The van der Waals surface area contributed by atoms with E-state index in [1.165, 1.54) is 11.6 Å². The fourth-order valence-electron chi connectivity index (χ4n) is 4.54. The molecule has 3 N–H and O–H groups in total. The molecule has 0 atom stereocenters. The maximum atomic E-state index is 14.2. The molecule has 0 unspecified atom stereocenters. The summed E-state index contributed by atoms with van der Waals surface area (Å²) in [5.41, 5.74) is 7.57. The third kappa shape index (κ3) is 10.2. The molecule has 0 saturated carbocycles. The second kappa shape index (κ2) is 18.2. The summed E-state index contributed by atoms with van der Waals surface area (Å²) in [4.78, 5) is 20.5. The number of carbonyl (C=O) groups excluding carboxylic acids is 1. The first-order valence-electron chi connectivity index (χ1n) is 13.9. The number of pyridine rings is 2.